The fraction of sp³-hybridized carbons (Fsp3) is 0.500. The minimum Gasteiger partial charge on any atom is -0.391 e. The molecule has 3 N–H and O–H groups in total. The van der Waals surface area contributed by atoms with Gasteiger partial charge < -0.3 is 15.7 Å². The molecule has 1 atom stereocenters. The zero-order valence-corrected chi connectivity index (χ0v) is 13.2. The van der Waals surface area contributed by atoms with Crippen LogP contribution in [0.25, 0.3) is 0 Å². The molecule has 0 aliphatic carbocycles. The van der Waals surface area contributed by atoms with Gasteiger partial charge in [-0.15, -0.1) is 0 Å². The van der Waals surface area contributed by atoms with Crippen LogP contribution in [0.5, 0.6) is 0 Å². The molecule has 2 amide bonds. The van der Waals surface area contributed by atoms with Crippen LogP contribution >= 0.6 is 0 Å². The van der Waals surface area contributed by atoms with Crippen molar-refractivity contribution in [2.75, 3.05) is 13.1 Å². The second kappa shape index (κ2) is 9.19. The number of halogens is 2. The predicted molar refractivity (Wildman–Crippen MR) is 81.8 cm³/mol. The molecule has 0 aliphatic heterocycles. The number of benzene rings is 1. The van der Waals surface area contributed by atoms with Crippen molar-refractivity contribution < 1.29 is 23.5 Å². The van der Waals surface area contributed by atoms with Crippen molar-refractivity contribution in [1.29, 1.82) is 0 Å². The maximum Gasteiger partial charge on any atom is 0.251 e. The van der Waals surface area contributed by atoms with E-state index in [1.54, 1.807) is 0 Å². The molecule has 1 rings (SSSR count). The zero-order valence-electron chi connectivity index (χ0n) is 13.2. The number of hydrogen-bond acceptors (Lipinski definition) is 3. The maximum atomic E-state index is 13.0. The van der Waals surface area contributed by atoms with Gasteiger partial charge in [0.1, 0.15) is 11.6 Å². The average Bonchev–Trinajstić information content (AvgIpc) is 2.50. The second-order valence-electron chi connectivity index (χ2n) is 5.29. The molecule has 128 valence electrons. The van der Waals surface area contributed by atoms with Gasteiger partial charge in [-0.25, -0.2) is 8.78 Å². The summed E-state index contributed by atoms with van der Waals surface area (Å²) in [7, 11) is 0. The Bertz CT molecular complexity index is 528. The molecule has 0 radical (unpaired) electrons. The lowest BCUT2D eigenvalue weighted by molar-refractivity contribution is -0.120. The minimum atomic E-state index is -0.868. The van der Waals surface area contributed by atoms with Crippen molar-refractivity contribution >= 4 is 11.8 Å². The fourth-order valence-electron chi connectivity index (χ4n) is 2.23. The van der Waals surface area contributed by atoms with Crippen LogP contribution in [0, 0.1) is 17.6 Å². The summed E-state index contributed by atoms with van der Waals surface area (Å²) in [4.78, 5) is 23.4. The molecule has 0 heterocycles. The lowest BCUT2D eigenvalue weighted by Crippen LogP contribution is -2.41. The third kappa shape index (κ3) is 6.32. The monoisotopic (exact) mass is 328 g/mol. The summed E-state index contributed by atoms with van der Waals surface area (Å²) in [6, 6.07) is 2.42. The molecule has 5 nitrogen and oxygen atoms in total. The standard InChI is InChI=1S/C16H22F2N2O3/c1-3-10(4-2)14(21)8-19-15(22)9-20-16(23)11-5-12(17)7-13(18)6-11/h5-7,10,14,21H,3-4,8-9H2,1-2H3,(H,19,22)(H,20,23)/t14-/m0/s1. The van der Waals surface area contributed by atoms with E-state index in [1.165, 1.54) is 0 Å². The van der Waals surface area contributed by atoms with Crippen LogP contribution in [0.3, 0.4) is 0 Å². The van der Waals surface area contributed by atoms with Gasteiger partial charge in [-0.1, -0.05) is 26.7 Å². The normalized spacial score (nSPS) is 12.1. The first-order chi connectivity index (χ1) is 10.9. The van der Waals surface area contributed by atoms with Crippen LogP contribution in [-0.4, -0.2) is 36.1 Å². The largest absolute Gasteiger partial charge is 0.391 e. The van der Waals surface area contributed by atoms with Crippen molar-refractivity contribution in [3.8, 4) is 0 Å². The Morgan fingerprint density at radius 1 is 1.09 bits per heavy atom. The number of rotatable bonds is 8. The van der Waals surface area contributed by atoms with Crippen molar-refractivity contribution in [3.63, 3.8) is 0 Å². The molecule has 0 saturated heterocycles. The number of aliphatic hydroxyl groups is 1. The van der Waals surface area contributed by atoms with E-state index < -0.39 is 29.6 Å². The first-order valence-electron chi connectivity index (χ1n) is 7.56. The van der Waals surface area contributed by atoms with Crippen LogP contribution in [0.1, 0.15) is 37.0 Å². The molecule has 0 unspecified atom stereocenters. The van der Waals surface area contributed by atoms with E-state index in [1.807, 2.05) is 13.8 Å². The van der Waals surface area contributed by atoms with E-state index in [0.29, 0.717) is 6.07 Å². The summed E-state index contributed by atoms with van der Waals surface area (Å²) in [6.07, 6.45) is 0.951. The topological polar surface area (TPSA) is 78.4 Å². The lowest BCUT2D eigenvalue weighted by atomic mass is 9.96. The van der Waals surface area contributed by atoms with E-state index in [-0.39, 0.29) is 24.6 Å². The fourth-order valence-corrected chi connectivity index (χ4v) is 2.23. The number of carbonyl (C=O) groups is 2. The maximum absolute atomic E-state index is 13.0. The lowest BCUT2D eigenvalue weighted by Gasteiger charge is -2.20. The summed E-state index contributed by atoms with van der Waals surface area (Å²) in [5.41, 5.74) is -0.202. The number of hydrogen-bond donors (Lipinski definition) is 3. The highest BCUT2D eigenvalue weighted by Crippen LogP contribution is 2.12. The number of amides is 2. The van der Waals surface area contributed by atoms with Crippen molar-refractivity contribution in [2.45, 2.75) is 32.8 Å². The summed E-state index contributed by atoms with van der Waals surface area (Å²) in [5.74, 6) is -2.87. The van der Waals surface area contributed by atoms with Gasteiger partial charge >= 0.3 is 0 Å². The van der Waals surface area contributed by atoms with Crippen LogP contribution in [0.15, 0.2) is 18.2 Å². The summed E-state index contributed by atoms with van der Waals surface area (Å²) in [5, 5.41) is 14.7. The van der Waals surface area contributed by atoms with Crippen molar-refractivity contribution in [2.24, 2.45) is 5.92 Å². The Kier molecular flexibility index (Phi) is 7.61. The van der Waals surface area contributed by atoms with Gasteiger partial charge in [0.15, 0.2) is 0 Å². The number of aliphatic hydroxyl groups excluding tert-OH is 1. The highest BCUT2D eigenvalue weighted by Gasteiger charge is 2.16. The minimum absolute atomic E-state index is 0.0929. The average molecular weight is 328 g/mol. The molecule has 1 aromatic rings. The molecular formula is C16H22F2N2O3. The van der Waals surface area contributed by atoms with Gasteiger partial charge in [0.25, 0.3) is 5.91 Å². The van der Waals surface area contributed by atoms with E-state index in [2.05, 4.69) is 10.6 Å². The van der Waals surface area contributed by atoms with Gasteiger partial charge in [0.05, 0.1) is 12.6 Å². The molecule has 0 bridgehead atoms. The van der Waals surface area contributed by atoms with Crippen molar-refractivity contribution in [3.05, 3.63) is 35.4 Å². The Morgan fingerprint density at radius 2 is 1.65 bits per heavy atom. The molecule has 0 spiro atoms. The molecule has 0 fully saturated rings. The first kappa shape index (κ1) is 19.0. The predicted octanol–water partition coefficient (Wildman–Crippen LogP) is 1.61. The molecule has 0 aromatic heterocycles. The first-order valence-corrected chi connectivity index (χ1v) is 7.56. The van der Waals surface area contributed by atoms with Crippen LogP contribution < -0.4 is 10.6 Å². The van der Waals surface area contributed by atoms with Crippen LogP contribution in [-0.2, 0) is 4.79 Å². The Labute approximate surface area is 134 Å². The molecular weight excluding hydrogens is 306 g/mol. The molecule has 23 heavy (non-hydrogen) atoms. The second-order valence-corrected chi connectivity index (χ2v) is 5.29. The highest BCUT2D eigenvalue weighted by molar-refractivity contribution is 5.96. The van der Waals surface area contributed by atoms with Gasteiger partial charge in [0.2, 0.25) is 5.91 Å². The van der Waals surface area contributed by atoms with Gasteiger partial charge in [-0.3, -0.25) is 9.59 Å². The van der Waals surface area contributed by atoms with E-state index in [4.69, 9.17) is 0 Å². The number of carbonyl (C=O) groups excluding carboxylic acids is 2. The summed E-state index contributed by atoms with van der Waals surface area (Å²) in [6.45, 7) is 3.66. The summed E-state index contributed by atoms with van der Waals surface area (Å²) >= 11 is 0. The van der Waals surface area contributed by atoms with E-state index in [9.17, 15) is 23.5 Å². The van der Waals surface area contributed by atoms with Crippen molar-refractivity contribution in [1.82, 2.24) is 10.6 Å². The Balaban J connectivity index is 2.42. The van der Waals surface area contributed by atoms with Gasteiger partial charge in [-0.05, 0) is 18.1 Å². The van der Waals surface area contributed by atoms with Crippen LogP contribution in [0.2, 0.25) is 0 Å². The van der Waals surface area contributed by atoms with Crippen LogP contribution in [0.4, 0.5) is 8.78 Å². The molecule has 1 aromatic carbocycles. The Hall–Kier alpha value is -2.02. The zero-order chi connectivity index (χ0) is 17.4. The quantitative estimate of drug-likeness (QED) is 0.678. The highest BCUT2D eigenvalue weighted by atomic mass is 19.1. The Morgan fingerprint density at radius 3 is 2.17 bits per heavy atom. The number of nitrogens with one attached hydrogen (secondary N) is 2. The molecule has 0 saturated carbocycles. The SMILES string of the molecule is CCC(CC)[C@@H](O)CNC(=O)CNC(=O)c1cc(F)cc(F)c1. The summed E-state index contributed by atoms with van der Waals surface area (Å²) < 4.78 is 26.0. The third-order valence-electron chi connectivity index (χ3n) is 3.64. The third-order valence-corrected chi connectivity index (χ3v) is 3.64. The van der Waals surface area contributed by atoms with Gasteiger partial charge in [0, 0.05) is 18.2 Å². The van der Waals surface area contributed by atoms with Gasteiger partial charge in [-0.2, -0.15) is 0 Å². The van der Waals surface area contributed by atoms with E-state index in [0.717, 1.165) is 25.0 Å². The smallest absolute Gasteiger partial charge is 0.251 e. The molecule has 0 aliphatic rings. The molecule has 7 heteroatoms. The van der Waals surface area contributed by atoms with E-state index >= 15 is 0 Å².